The molecule has 0 aromatic rings. The zero-order valence-corrected chi connectivity index (χ0v) is 10.7. The Hall–Kier alpha value is -0.690. The summed E-state index contributed by atoms with van der Waals surface area (Å²) in [4.78, 5) is 13.6. The number of aliphatic hydroxyl groups excluding tert-OH is 1. The third-order valence-electron chi connectivity index (χ3n) is 3.18. The van der Waals surface area contributed by atoms with Crippen molar-refractivity contribution in [1.29, 1.82) is 0 Å². The van der Waals surface area contributed by atoms with Gasteiger partial charge in [-0.3, -0.25) is 9.69 Å². The summed E-state index contributed by atoms with van der Waals surface area (Å²) in [6.07, 6.45) is 1.77. The van der Waals surface area contributed by atoms with E-state index in [4.69, 9.17) is 4.74 Å². The minimum Gasteiger partial charge on any atom is -0.390 e. The molecule has 2 rings (SSSR count). The van der Waals surface area contributed by atoms with Gasteiger partial charge in [0.05, 0.1) is 25.9 Å². The second-order valence-corrected chi connectivity index (χ2v) is 5.04. The number of amides is 1. The third-order valence-corrected chi connectivity index (χ3v) is 3.18. The lowest BCUT2D eigenvalue weighted by Crippen LogP contribution is -2.45. The molecule has 0 spiro atoms. The van der Waals surface area contributed by atoms with Crippen molar-refractivity contribution in [3.63, 3.8) is 0 Å². The molecular formula is C12H23N3O3. The minimum absolute atomic E-state index is 0.0241. The first-order valence-electron chi connectivity index (χ1n) is 6.72. The van der Waals surface area contributed by atoms with Crippen molar-refractivity contribution in [2.75, 3.05) is 45.9 Å². The normalized spacial score (nSPS) is 22.7. The molecule has 0 bridgehead atoms. The lowest BCUT2D eigenvalue weighted by molar-refractivity contribution is -0.120. The maximum atomic E-state index is 11.4. The van der Waals surface area contributed by atoms with Gasteiger partial charge >= 0.3 is 0 Å². The SMILES string of the molecule is O=C(CNCC(O)CN1CCOCC1)NC1CC1. The number of rotatable bonds is 7. The van der Waals surface area contributed by atoms with E-state index < -0.39 is 6.10 Å². The van der Waals surface area contributed by atoms with Crippen LogP contribution in [0.1, 0.15) is 12.8 Å². The second-order valence-electron chi connectivity index (χ2n) is 5.04. The predicted octanol–water partition coefficient (Wildman–Crippen LogP) is -1.45. The van der Waals surface area contributed by atoms with Gasteiger partial charge in [0, 0.05) is 32.2 Å². The van der Waals surface area contributed by atoms with Gasteiger partial charge in [0.1, 0.15) is 0 Å². The quantitative estimate of drug-likeness (QED) is 0.520. The van der Waals surface area contributed by atoms with E-state index in [1.54, 1.807) is 0 Å². The van der Waals surface area contributed by atoms with E-state index >= 15 is 0 Å². The molecule has 1 saturated heterocycles. The molecule has 3 N–H and O–H groups in total. The van der Waals surface area contributed by atoms with Gasteiger partial charge in [0.15, 0.2) is 0 Å². The molecule has 1 aliphatic heterocycles. The average molecular weight is 257 g/mol. The molecule has 1 atom stereocenters. The Morgan fingerprint density at radius 1 is 1.39 bits per heavy atom. The summed E-state index contributed by atoms with van der Waals surface area (Å²) < 4.78 is 5.24. The molecule has 1 unspecified atom stereocenters. The lowest BCUT2D eigenvalue weighted by atomic mass is 10.3. The Balaban J connectivity index is 1.50. The number of nitrogens with zero attached hydrogens (tertiary/aromatic N) is 1. The van der Waals surface area contributed by atoms with Crippen LogP contribution in [-0.4, -0.2) is 74.0 Å². The minimum atomic E-state index is -0.433. The number of aliphatic hydroxyl groups is 1. The zero-order valence-electron chi connectivity index (χ0n) is 10.7. The Morgan fingerprint density at radius 3 is 2.78 bits per heavy atom. The summed E-state index contributed by atoms with van der Waals surface area (Å²) in [6.45, 7) is 4.61. The van der Waals surface area contributed by atoms with Crippen molar-refractivity contribution in [3.05, 3.63) is 0 Å². The van der Waals surface area contributed by atoms with E-state index in [-0.39, 0.29) is 12.5 Å². The zero-order chi connectivity index (χ0) is 12.8. The molecule has 18 heavy (non-hydrogen) atoms. The monoisotopic (exact) mass is 257 g/mol. The summed E-state index contributed by atoms with van der Waals surface area (Å²) in [7, 11) is 0. The van der Waals surface area contributed by atoms with Gasteiger partial charge in [-0.2, -0.15) is 0 Å². The second kappa shape index (κ2) is 7.04. The van der Waals surface area contributed by atoms with Crippen LogP contribution in [0, 0.1) is 0 Å². The number of β-amino-alcohol motifs (C(OH)–C–C–N with tert-alkyl or cyclic N) is 1. The van der Waals surface area contributed by atoms with Crippen LogP contribution in [0.15, 0.2) is 0 Å². The fraction of sp³-hybridized carbons (Fsp3) is 0.917. The number of carbonyl (C=O) groups is 1. The van der Waals surface area contributed by atoms with Gasteiger partial charge in [-0.1, -0.05) is 0 Å². The molecule has 104 valence electrons. The van der Waals surface area contributed by atoms with Crippen LogP contribution in [0.5, 0.6) is 0 Å². The number of carbonyl (C=O) groups excluding carboxylic acids is 1. The lowest BCUT2D eigenvalue weighted by Gasteiger charge is -2.28. The molecule has 1 heterocycles. The highest BCUT2D eigenvalue weighted by Crippen LogP contribution is 2.18. The van der Waals surface area contributed by atoms with Crippen LogP contribution in [0.3, 0.4) is 0 Å². The first-order valence-corrected chi connectivity index (χ1v) is 6.72. The largest absolute Gasteiger partial charge is 0.390 e. The third kappa shape index (κ3) is 5.30. The van der Waals surface area contributed by atoms with E-state index in [9.17, 15) is 9.90 Å². The van der Waals surface area contributed by atoms with Crippen LogP contribution in [0.25, 0.3) is 0 Å². The Kier molecular flexibility index (Phi) is 5.37. The van der Waals surface area contributed by atoms with Crippen molar-refractivity contribution < 1.29 is 14.6 Å². The smallest absolute Gasteiger partial charge is 0.234 e. The van der Waals surface area contributed by atoms with Gasteiger partial charge in [-0.05, 0) is 12.8 Å². The molecule has 6 nitrogen and oxygen atoms in total. The molecule has 0 radical (unpaired) electrons. The summed E-state index contributed by atoms with van der Waals surface area (Å²) in [5.74, 6) is 0.0241. The highest BCUT2D eigenvalue weighted by Gasteiger charge is 2.23. The summed E-state index contributed by atoms with van der Waals surface area (Å²) >= 11 is 0. The summed E-state index contributed by atoms with van der Waals surface area (Å²) in [5.41, 5.74) is 0. The molecule has 0 aromatic heterocycles. The standard InChI is InChI=1S/C12H23N3O3/c16-11(9-15-3-5-18-6-4-15)7-13-8-12(17)14-10-1-2-10/h10-11,13,16H,1-9H2,(H,14,17). The van der Waals surface area contributed by atoms with Crippen LogP contribution in [0.4, 0.5) is 0 Å². The maximum absolute atomic E-state index is 11.4. The summed E-state index contributed by atoms with van der Waals surface area (Å²) in [6, 6.07) is 0.401. The number of nitrogens with one attached hydrogen (secondary N) is 2. The van der Waals surface area contributed by atoms with Crippen molar-refractivity contribution in [1.82, 2.24) is 15.5 Å². The van der Waals surface area contributed by atoms with Crippen LogP contribution >= 0.6 is 0 Å². The fourth-order valence-corrected chi connectivity index (χ4v) is 2.01. The molecule has 2 aliphatic rings. The van der Waals surface area contributed by atoms with E-state index in [0.29, 0.717) is 19.1 Å². The molecule has 1 saturated carbocycles. The Labute approximate surface area is 108 Å². The predicted molar refractivity (Wildman–Crippen MR) is 67.3 cm³/mol. The average Bonchev–Trinajstić information content (AvgIpc) is 3.14. The number of hydrogen-bond acceptors (Lipinski definition) is 5. The first-order chi connectivity index (χ1) is 8.74. The van der Waals surface area contributed by atoms with Crippen molar-refractivity contribution in [2.45, 2.75) is 25.0 Å². The highest BCUT2D eigenvalue weighted by atomic mass is 16.5. The topological polar surface area (TPSA) is 73.8 Å². The van der Waals surface area contributed by atoms with Gasteiger partial charge in [-0.15, -0.1) is 0 Å². The molecule has 0 aromatic carbocycles. The van der Waals surface area contributed by atoms with E-state index in [0.717, 1.165) is 39.1 Å². The van der Waals surface area contributed by atoms with Crippen molar-refractivity contribution in [3.8, 4) is 0 Å². The maximum Gasteiger partial charge on any atom is 0.234 e. The van der Waals surface area contributed by atoms with Crippen LogP contribution < -0.4 is 10.6 Å². The fourth-order valence-electron chi connectivity index (χ4n) is 2.01. The number of morpholine rings is 1. The highest BCUT2D eigenvalue weighted by molar-refractivity contribution is 5.78. The van der Waals surface area contributed by atoms with Crippen LogP contribution in [-0.2, 0) is 9.53 Å². The number of hydrogen-bond donors (Lipinski definition) is 3. The van der Waals surface area contributed by atoms with Crippen molar-refractivity contribution >= 4 is 5.91 Å². The molecule has 6 heteroatoms. The summed E-state index contributed by atoms with van der Waals surface area (Å²) in [5, 5.41) is 15.7. The van der Waals surface area contributed by atoms with Gasteiger partial charge in [0.2, 0.25) is 5.91 Å². The molecule has 1 amide bonds. The van der Waals surface area contributed by atoms with E-state index in [1.807, 2.05) is 0 Å². The molecular weight excluding hydrogens is 234 g/mol. The van der Waals surface area contributed by atoms with Gasteiger partial charge in [-0.25, -0.2) is 0 Å². The Morgan fingerprint density at radius 2 is 2.11 bits per heavy atom. The Bertz CT molecular complexity index is 265. The van der Waals surface area contributed by atoms with E-state index in [1.165, 1.54) is 0 Å². The van der Waals surface area contributed by atoms with E-state index in [2.05, 4.69) is 15.5 Å². The molecule has 2 fully saturated rings. The molecule has 1 aliphatic carbocycles. The van der Waals surface area contributed by atoms with Crippen LogP contribution in [0.2, 0.25) is 0 Å². The van der Waals surface area contributed by atoms with Crippen molar-refractivity contribution in [2.24, 2.45) is 0 Å². The number of ether oxygens (including phenoxy) is 1. The first kappa shape index (κ1) is 13.7. The van der Waals surface area contributed by atoms with Gasteiger partial charge in [0.25, 0.3) is 0 Å². The van der Waals surface area contributed by atoms with Gasteiger partial charge < -0.3 is 20.5 Å².